The normalized spacial score (nSPS) is 16.8. The van der Waals surface area contributed by atoms with Gasteiger partial charge in [0.1, 0.15) is 17.1 Å². The molecule has 1 aliphatic carbocycles. The van der Waals surface area contributed by atoms with Crippen LogP contribution in [0.15, 0.2) is 10.5 Å². The second-order valence-corrected chi connectivity index (χ2v) is 5.38. The number of rotatable bonds is 4. The number of carbonyl (C=O) groups is 1. The molecule has 2 rings (SSSR count). The van der Waals surface area contributed by atoms with Gasteiger partial charge in [-0.1, -0.05) is 19.3 Å². The minimum Gasteiger partial charge on any atom is -0.465 e. The van der Waals surface area contributed by atoms with Crippen LogP contribution in [0, 0.1) is 6.92 Å². The highest BCUT2D eigenvalue weighted by molar-refractivity contribution is 5.90. The van der Waals surface area contributed by atoms with Gasteiger partial charge in [0.2, 0.25) is 0 Å². The molecule has 0 spiro atoms. The summed E-state index contributed by atoms with van der Waals surface area (Å²) in [6, 6.07) is 2.45. The number of hydrogen-bond donors (Lipinski definition) is 0. The fraction of sp³-hybridized carbons (Fsp3) is 0.667. The number of carbonyl (C=O) groups excluding carboxylic acids is 1. The zero-order valence-electron chi connectivity index (χ0n) is 12.1. The van der Waals surface area contributed by atoms with Crippen molar-refractivity contribution in [1.82, 2.24) is 4.90 Å². The number of ether oxygens (including phenoxy) is 1. The van der Waals surface area contributed by atoms with Gasteiger partial charge in [0.25, 0.3) is 0 Å². The molecule has 0 unspecified atom stereocenters. The largest absolute Gasteiger partial charge is 0.465 e. The third kappa shape index (κ3) is 3.38. The van der Waals surface area contributed by atoms with Gasteiger partial charge in [0.15, 0.2) is 0 Å². The summed E-state index contributed by atoms with van der Waals surface area (Å²) in [5.41, 5.74) is 0.537. The standard InChI is InChI=1S/C15H23NO3/c1-11-14(15(17)18-3)9-13(19-11)10-16(2)12-7-5-4-6-8-12/h9,12H,4-8,10H2,1-3H3. The third-order valence-corrected chi connectivity index (χ3v) is 3.98. The Kier molecular flexibility index (Phi) is 4.64. The van der Waals surface area contributed by atoms with E-state index in [-0.39, 0.29) is 5.97 Å². The average Bonchev–Trinajstić information content (AvgIpc) is 2.79. The van der Waals surface area contributed by atoms with Crippen LogP contribution >= 0.6 is 0 Å². The van der Waals surface area contributed by atoms with Crippen molar-refractivity contribution in [3.8, 4) is 0 Å². The maximum atomic E-state index is 11.5. The molecule has 0 amide bonds. The Morgan fingerprint density at radius 3 is 2.74 bits per heavy atom. The molecule has 19 heavy (non-hydrogen) atoms. The first-order chi connectivity index (χ1) is 9.11. The number of methoxy groups -OCH3 is 1. The van der Waals surface area contributed by atoms with Crippen molar-refractivity contribution in [2.24, 2.45) is 0 Å². The van der Waals surface area contributed by atoms with Crippen molar-refractivity contribution in [3.63, 3.8) is 0 Å². The van der Waals surface area contributed by atoms with Crippen molar-refractivity contribution in [2.45, 2.75) is 51.6 Å². The predicted molar refractivity (Wildman–Crippen MR) is 73.1 cm³/mol. The van der Waals surface area contributed by atoms with Gasteiger partial charge in [0.05, 0.1) is 13.7 Å². The molecule has 4 heteroatoms. The number of esters is 1. The summed E-state index contributed by atoms with van der Waals surface area (Å²) >= 11 is 0. The van der Waals surface area contributed by atoms with Crippen LogP contribution < -0.4 is 0 Å². The van der Waals surface area contributed by atoms with Crippen LogP contribution in [0.5, 0.6) is 0 Å². The van der Waals surface area contributed by atoms with Crippen LogP contribution in [0.4, 0.5) is 0 Å². The Morgan fingerprint density at radius 1 is 1.42 bits per heavy atom. The van der Waals surface area contributed by atoms with Crippen molar-refractivity contribution >= 4 is 5.97 Å². The van der Waals surface area contributed by atoms with Crippen LogP contribution in [-0.2, 0) is 11.3 Å². The fourth-order valence-corrected chi connectivity index (χ4v) is 2.83. The Hall–Kier alpha value is -1.29. The van der Waals surface area contributed by atoms with Crippen LogP contribution in [0.25, 0.3) is 0 Å². The van der Waals surface area contributed by atoms with Gasteiger partial charge in [-0.25, -0.2) is 4.79 Å². The molecule has 4 nitrogen and oxygen atoms in total. The Bertz CT molecular complexity index is 433. The summed E-state index contributed by atoms with van der Waals surface area (Å²) < 4.78 is 10.4. The highest BCUT2D eigenvalue weighted by Crippen LogP contribution is 2.24. The first-order valence-corrected chi connectivity index (χ1v) is 6.99. The second-order valence-electron chi connectivity index (χ2n) is 5.38. The zero-order chi connectivity index (χ0) is 13.8. The number of furan rings is 1. The van der Waals surface area contributed by atoms with Crippen LogP contribution in [0.1, 0.15) is 54.0 Å². The molecule has 1 aliphatic rings. The molecular weight excluding hydrogens is 242 g/mol. The van der Waals surface area contributed by atoms with Crippen molar-refractivity contribution in [2.75, 3.05) is 14.2 Å². The van der Waals surface area contributed by atoms with E-state index >= 15 is 0 Å². The van der Waals surface area contributed by atoms with Crippen molar-refractivity contribution in [1.29, 1.82) is 0 Å². The first kappa shape index (κ1) is 14.1. The van der Waals surface area contributed by atoms with Gasteiger partial charge in [-0.15, -0.1) is 0 Å². The van der Waals surface area contributed by atoms with E-state index in [0.717, 1.165) is 12.3 Å². The fourth-order valence-electron chi connectivity index (χ4n) is 2.83. The molecule has 1 saturated carbocycles. The molecule has 0 aliphatic heterocycles. The van der Waals surface area contributed by atoms with E-state index in [1.54, 1.807) is 13.0 Å². The minimum atomic E-state index is -0.326. The summed E-state index contributed by atoms with van der Waals surface area (Å²) in [6.07, 6.45) is 6.52. The van der Waals surface area contributed by atoms with E-state index < -0.39 is 0 Å². The Labute approximate surface area is 114 Å². The lowest BCUT2D eigenvalue weighted by molar-refractivity contribution is 0.0599. The number of aryl methyl sites for hydroxylation is 1. The summed E-state index contributed by atoms with van der Waals surface area (Å²) in [5, 5.41) is 0. The molecular formula is C15H23NO3. The minimum absolute atomic E-state index is 0.326. The monoisotopic (exact) mass is 265 g/mol. The lowest BCUT2D eigenvalue weighted by atomic mass is 9.94. The van der Waals surface area contributed by atoms with Gasteiger partial charge in [-0.3, -0.25) is 4.90 Å². The van der Waals surface area contributed by atoms with Gasteiger partial charge < -0.3 is 9.15 Å². The SMILES string of the molecule is COC(=O)c1cc(CN(C)C2CCCCC2)oc1C. The Morgan fingerprint density at radius 2 is 2.11 bits per heavy atom. The molecule has 1 heterocycles. The summed E-state index contributed by atoms with van der Waals surface area (Å²) in [6.45, 7) is 2.55. The third-order valence-electron chi connectivity index (χ3n) is 3.98. The summed E-state index contributed by atoms with van der Waals surface area (Å²) in [7, 11) is 3.52. The highest BCUT2D eigenvalue weighted by Gasteiger charge is 2.21. The summed E-state index contributed by atoms with van der Waals surface area (Å²) in [4.78, 5) is 13.9. The average molecular weight is 265 g/mol. The van der Waals surface area contributed by atoms with Crippen LogP contribution in [0.3, 0.4) is 0 Å². The van der Waals surface area contributed by atoms with E-state index in [4.69, 9.17) is 9.15 Å². The number of nitrogens with zero attached hydrogens (tertiary/aromatic N) is 1. The molecule has 0 N–H and O–H groups in total. The molecule has 1 aromatic rings. The highest BCUT2D eigenvalue weighted by atomic mass is 16.5. The van der Waals surface area contributed by atoms with Gasteiger partial charge >= 0.3 is 5.97 Å². The predicted octanol–water partition coefficient (Wildman–Crippen LogP) is 3.14. The van der Waals surface area contributed by atoms with E-state index in [1.165, 1.54) is 39.2 Å². The van der Waals surface area contributed by atoms with Crippen LogP contribution in [-0.4, -0.2) is 31.1 Å². The first-order valence-electron chi connectivity index (χ1n) is 6.99. The quantitative estimate of drug-likeness (QED) is 0.784. The molecule has 0 bridgehead atoms. The topological polar surface area (TPSA) is 42.7 Å². The lowest BCUT2D eigenvalue weighted by Crippen LogP contribution is -2.32. The van der Waals surface area contributed by atoms with E-state index in [9.17, 15) is 4.79 Å². The molecule has 0 aromatic carbocycles. The molecule has 0 radical (unpaired) electrons. The van der Waals surface area contributed by atoms with E-state index in [0.29, 0.717) is 17.4 Å². The van der Waals surface area contributed by atoms with Gasteiger partial charge in [-0.2, -0.15) is 0 Å². The number of hydrogen-bond acceptors (Lipinski definition) is 4. The Balaban J connectivity index is 2.00. The van der Waals surface area contributed by atoms with Gasteiger partial charge in [0, 0.05) is 6.04 Å². The smallest absolute Gasteiger partial charge is 0.341 e. The molecule has 1 aromatic heterocycles. The molecule has 1 fully saturated rings. The maximum Gasteiger partial charge on any atom is 0.341 e. The van der Waals surface area contributed by atoms with E-state index in [1.807, 2.05) is 0 Å². The molecule has 0 atom stereocenters. The summed E-state index contributed by atoms with van der Waals surface area (Å²) in [5.74, 6) is 1.15. The van der Waals surface area contributed by atoms with Crippen LogP contribution in [0.2, 0.25) is 0 Å². The molecule has 0 saturated heterocycles. The molecule has 106 valence electrons. The van der Waals surface area contributed by atoms with Gasteiger partial charge in [-0.05, 0) is 32.9 Å². The lowest BCUT2D eigenvalue weighted by Gasteiger charge is -2.30. The second kappa shape index (κ2) is 6.24. The van der Waals surface area contributed by atoms with Crippen molar-refractivity contribution in [3.05, 3.63) is 23.2 Å². The van der Waals surface area contributed by atoms with E-state index in [2.05, 4.69) is 11.9 Å². The zero-order valence-corrected chi connectivity index (χ0v) is 12.1. The maximum absolute atomic E-state index is 11.5. The van der Waals surface area contributed by atoms with Crippen molar-refractivity contribution < 1.29 is 13.9 Å².